The molecule has 1 atom stereocenters. The van der Waals surface area contributed by atoms with Crippen LogP contribution in [0.3, 0.4) is 0 Å². The fourth-order valence-corrected chi connectivity index (χ4v) is 3.26. The third kappa shape index (κ3) is 2.83. The molecule has 1 N–H and O–H groups in total. The smallest absolute Gasteiger partial charge is 0.309 e. The molecule has 0 bridgehead atoms. The Hall–Kier alpha value is -2.29. The van der Waals surface area contributed by atoms with Crippen molar-refractivity contribution in [1.29, 1.82) is 0 Å². The van der Waals surface area contributed by atoms with Crippen molar-refractivity contribution >= 4 is 23.3 Å². The molecule has 8 nitrogen and oxygen atoms in total. The molecule has 9 heteroatoms. The second-order valence-electron chi connectivity index (χ2n) is 5.72. The molecule has 3 heterocycles. The van der Waals surface area contributed by atoms with Gasteiger partial charge in [0.2, 0.25) is 5.91 Å². The monoisotopic (exact) mass is 333 g/mol. The molecule has 1 aliphatic carbocycles. The number of hydrogen-bond acceptors (Lipinski definition) is 7. The molecule has 2 fully saturated rings. The predicted molar refractivity (Wildman–Crippen MR) is 80.6 cm³/mol. The van der Waals surface area contributed by atoms with Crippen LogP contribution >= 0.6 is 11.5 Å². The summed E-state index contributed by atoms with van der Waals surface area (Å²) in [5.41, 5.74) is 0. The minimum atomic E-state index is -0.510. The highest BCUT2D eigenvalue weighted by molar-refractivity contribution is 7.09. The summed E-state index contributed by atoms with van der Waals surface area (Å²) in [4.78, 5) is 27.2. The molecule has 2 aliphatic rings. The zero-order valence-electron chi connectivity index (χ0n) is 12.3. The summed E-state index contributed by atoms with van der Waals surface area (Å²) in [6, 6.07) is 1.59. The van der Waals surface area contributed by atoms with Gasteiger partial charge in [-0.2, -0.15) is 0 Å². The van der Waals surface area contributed by atoms with Crippen molar-refractivity contribution in [2.24, 2.45) is 0 Å². The molecule has 23 heavy (non-hydrogen) atoms. The largest absolute Gasteiger partial charge is 0.411 e. The molecular formula is C14H15N5O3S. The number of carbonyl (C=O) groups excluding carboxylic acids is 2. The Balaban J connectivity index is 1.44. The van der Waals surface area contributed by atoms with E-state index in [4.69, 9.17) is 4.42 Å². The number of amides is 2. The highest BCUT2D eigenvalue weighted by Crippen LogP contribution is 2.30. The zero-order valence-corrected chi connectivity index (χ0v) is 13.1. The molecule has 120 valence electrons. The first kappa shape index (κ1) is 14.3. The molecule has 0 radical (unpaired) electrons. The number of nitrogens with zero attached hydrogens (tertiary/aromatic N) is 4. The van der Waals surface area contributed by atoms with Crippen molar-refractivity contribution in [2.45, 2.75) is 37.8 Å². The number of piperidine rings is 1. The van der Waals surface area contributed by atoms with E-state index in [2.05, 4.69) is 19.9 Å². The van der Waals surface area contributed by atoms with Gasteiger partial charge in [-0.1, -0.05) is 0 Å². The normalized spacial score (nSPS) is 21.5. The van der Waals surface area contributed by atoms with Crippen molar-refractivity contribution in [3.8, 4) is 10.8 Å². The van der Waals surface area contributed by atoms with E-state index in [0.29, 0.717) is 17.3 Å². The maximum Gasteiger partial charge on any atom is 0.309 e. The van der Waals surface area contributed by atoms with Crippen LogP contribution < -0.4 is 5.32 Å². The number of rotatable bonds is 4. The topological polar surface area (TPSA) is 101 Å². The lowest BCUT2D eigenvalue weighted by Crippen LogP contribution is -2.53. The van der Waals surface area contributed by atoms with Crippen molar-refractivity contribution in [3.63, 3.8) is 0 Å². The molecule has 1 aliphatic heterocycles. The SMILES string of the molecule is O=C(NC1CCCN(C2CC2)C1=O)c1nnc(-c2ccns2)o1. The van der Waals surface area contributed by atoms with Crippen LogP contribution in [-0.4, -0.2) is 49.9 Å². The fourth-order valence-electron chi connectivity index (χ4n) is 2.74. The van der Waals surface area contributed by atoms with Crippen LogP contribution in [0.2, 0.25) is 0 Å². The summed E-state index contributed by atoms with van der Waals surface area (Å²) in [5.74, 6) is -0.393. The summed E-state index contributed by atoms with van der Waals surface area (Å²) in [6.45, 7) is 0.784. The van der Waals surface area contributed by atoms with Gasteiger partial charge in [0.15, 0.2) is 0 Å². The van der Waals surface area contributed by atoms with Gasteiger partial charge in [0.1, 0.15) is 10.9 Å². The molecule has 1 unspecified atom stereocenters. The summed E-state index contributed by atoms with van der Waals surface area (Å²) in [7, 11) is 0. The number of nitrogens with one attached hydrogen (secondary N) is 1. The average Bonchev–Trinajstić information content (AvgIpc) is 3.03. The third-order valence-corrected chi connectivity index (χ3v) is 4.77. The maximum absolute atomic E-state index is 12.4. The molecule has 2 aromatic heterocycles. The lowest BCUT2D eigenvalue weighted by atomic mass is 10.0. The first-order valence-corrected chi connectivity index (χ1v) is 8.35. The number of hydrogen-bond donors (Lipinski definition) is 1. The molecule has 1 saturated heterocycles. The Morgan fingerprint density at radius 1 is 1.35 bits per heavy atom. The van der Waals surface area contributed by atoms with Crippen LogP contribution in [0.4, 0.5) is 0 Å². The van der Waals surface area contributed by atoms with E-state index in [-0.39, 0.29) is 17.7 Å². The van der Waals surface area contributed by atoms with Gasteiger partial charge < -0.3 is 14.6 Å². The van der Waals surface area contributed by atoms with Gasteiger partial charge in [0.05, 0.1) is 0 Å². The quantitative estimate of drug-likeness (QED) is 0.898. The molecule has 0 aromatic carbocycles. The lowest BCUT2D eigenvalue weighted by molar-refractivity contribution is -0.136. The van der Waals surface area contributed by atoms with Crippen LogP contribution in [0.15, 0.2) is 16.7 Å². The molecule has 0 spiro atoms. The Labute approximate surface area is 136 Å². The number of carbonyl (C=O) groups is 2. The van der Waals surface area contributed by atoms with E-state index in [1.165, 1.54) is 11.5 Å². The van der Waals surface area contributed by atoms with Crippen LogP contribution in [0.1, 0.15) is 36.4 Å². The molecular weight excluding hydrogens is 318 g/mol. The zero-order chi connectivity index (χ0) is 15.8. The van der Waals surface area contributed by atoms with E-state index in [1.807, 2.05) is 4.90 Å². The van der Waals surface area contributed by atoms with Crippen LogP contribution in [0, 0.1) is 0 Å². The van der Waals surface area contributed by atoms with Gasteiger partial charge in [-0.25, -0.2) is 4.37 Å². The number of aromatic nitrogens is 3. The Morgan fingerprint density at radius 2 is 2.22 bits per heavy atom. The van der Waals surface area contributed by atoms with Crippen molar-refractivity contribution < 1.29 is 14.0 Å². The average molecular weight is 333 g/mol. The van der Waals surface area contributed by atoms with Gasteiger partial charge in [0, 0.05) is 18.8 Å². The van der Waals surface area contributed by atoms with Gasteiger partial charge in [-0.15, -0.1) is 10.2 Å². The first-order valence-electron chi connectivity index (χ1n) is 7.58. The summed E-state index contributed by atoms with van der Waals surface area (Å²) in [6.07, 6.45) is 5.28. The van der Waals surface area contributed by atoms with E-state index >= 15 is 0 Å². The van der Waals surface area contributed by atoms with Crippen LogP contribution in [0.5, 0.6) is 0 Å². The lowest BCUT2D eigenvalue weighted by Gasteiger charge is -2.32. The Kier molecular flexibility index (Phi) is 3.56. The van der Waals surface area contributed by atoms with Gasteiger partial charge >= 0.3 is 11.8 Å². The van der Waals surface area contributed by atoms with E-state index in [0.717, 1.165) is 25.8 Å². The third-order valence-electron chi connectivity index (χ3n) is 4.03. The van der Waals surface area contributed by atoms with E-state index in [9.17, 15) is 9.59 Å². The standard InChI is InChI=1S/C14H15N5O3S/c20-11(13-18-17-12(22-13)10-5-6-15-23-10)16-9-2-1-7-19(14(9)21)8-3-4-8/h5-6,8-9H,1-4,7H2,(H,16,20). The van der Waals surface area contributed by atoms with Crippen LogP contribution in [-0.2, 0) is 4.79 Å². The minimum absolute atomic E-state index is 0.00528. The second kappa shape index (κ2) is 5.73. The molecule has 2 aromatic rings. The predicted octanol–water partition coefficient (Wildman–Crippen LogP) is 1.08. The molecule has 1 saturated carbocycles. The summed E-state index contributed by atoms with van der Waals surface area (Å²) in [5, 5.41) is 10.3. The van der Waals surface area contributed by atoms with E-state index < -0.39 is 11.9 Å². The second-order valence-corrected chi connectivity index (χ2v) is 6.55. The Bertz CT molecular complexity index is 725. The minimum Gasteiger partial charge on any atom is -0.411 e. The first-order chi connectivity index (χ1) is 11.2. The van der Waals surface area contributed by atoms with Gasteiger partial charge in [-0.05, 0) is 43.3 Å². The summed E-state index contributed by atoms with van der Waals surface area (Å²) >= 11 is 1.21. The van der Waals surface area contributed by atoms with Crippen LogP contribution in [0.25, 0.3) is 10.8 Å². The Morgan fingerprint density at radius 3 is 2.96 bits per heavy atom. The van der Waals surface area contributed by atoms with Crippen molar-refractivity contribution in [1.82, 2.24) is 24.8 Å². The number of likely N-dealkylation sites (tertiary alicyclic amines) is 1. The molecule has 4 rings (SSSR count). The van der Waals surface area contributed by atoms with Gasteiger partial charge in [-0.3, -0.25) is 9.59 Å². The van der Waals surface area contributed by atoms with Crippen molar-refractivity contribution in [2.75, 3.05) is 6.54 Å². The summed E-state index contributed by atoms with van der Waals surface area (Å²) < 4.78 is 9.31. The van der Waals surface area contributed by atoms with E-state index in [1.54, 1.807) is 12.3 Å². The highest BCUT2D eigenvalue weighted by atomic mass is 32.1. The molecule has 2 amide bonds. The highest BCUT2D eigenvalue weighted by Gasteiger charge is 2.39. The van der Waals surface area contributed by atoms with Crippen molar-refractivity contribution in [3.05, 3.63) is 18.2 Å². The maximum atomic E-state index is 12.4. The fraction of sp³-hybridized carbons (Fsp3) is 0.500. The van der Waals surface area contributed by atoms with Gasteiger partial charge in [0.25, 0.3) is 5.89 Å².